The Labute approximate surface area is 108 Å². The summed E-state index contributed by atoms with van der Waals surface area (Å²) in [5.41, 5.74) is 2.24. The van der Waals surface area contributed by atoms with E-state index in [-0.39, 0.29) is 12.3 Å². The number of aryl methyl sites for hydroxylation is 1. The van der Waals surface area contributed by atoms with Crippen molar-refractivity contribution in [2.75, 3.05) is 14.2 Å². The van der Waals surface area contributed by atoms with Crippen LogP contribution in [0.5, 0.6) is 0 Å². The zero-order valence-electron chi connectivity index (χ0n) is 10.8. The summed E-state index contributed by atoms with van der Waals surface area (Å²) in [6.45, 7) is 4.76. The standard InChI is InChI=1S/C13H20ClNO2/c1-9-5-6-11(7-12(9)14)8-15-10(2)13(16-3)17-4/h5-7,10,13,15H,8H2,1-4H3. The molecule has 0 saturated carbocycles. The van der Waals surface area contributed by atoms with Gasteiger partial charge in [0.1, 0.15) is 0 Å². The second-order valence-corrected chi connectivity index (χ2v) is 4.50. The second kappa shape index (κ2) is 6.97. The minimum Gasteiger partial charge on any atom is -0.354 e. The fourth-order valence-corrected chi connectivity index (χ4v) is 1.83. The summed E-state index contributed by atoms with van der Waals surface area (Å²) in [6.07, 6.45) is -0.240. The van der Waals surface area contributed by atoms with Crippen molar-refractivity contribution in [1.29, 1.82) is 0 Å². The van der Waals surface area contributed by atoms with Crippen LogP contribution in [0.3, 0.4) is 0 Å². The third-order valence-corrected chi connectivity index (χ3v) is 3.14. The van der Waals surface area contributed by atoms with E-state index < -0.39 is 0 Å². The van der Waals surface area contributed by atoms with Crippen LogP contribution >= 0.6 is 11.6 Å². The number of ether oxygens (including phenoxy) is 2. The highest BCUT2D eigenvalue weighted by Gasteiger charge is 2.14. The van der Waals surface area contributed by atoms with Gasteiger partial charge in [0.05, 0.1) is 6.04 Å². The minimum absolute atomic E-state index is 0.116. The van der Waals surface area contributed by atoms with Gasteiger partial charge in [0, 0.05) is 25.8 Å². The first-order chi connectivity index (χ1) is 8.08. The molecule has 0 aromatic heterocycles. The minimum atomic E-state index is -0.240. The topological polar surface area (TPSA) is 30.5 Å². The molecular weight excluding hydrogens is 238 g/mol. The third-order valence-electron chi connectivity index (χ3n) is 2.74. The molecule has 0 fully saturated rings. The van der Waals surface area contributed by atoms with E-state index in [9.17, 15) is 0 Å². The largest absolute Gasteiger partial charge is 0.354 e. The van der Waals surface area contributed by atoms with E-state index in [0.717, 1.165) is 22.7 Å². The van der Waals surface area contributed by atoms with Gasteiger partial charge in [-0.1, -0.05) is 23.7 Å². The Hall–Kier alpha value is -0.610. The van der Waals surface area contributed by atoms with Crippen LogP contribution in [-0.2, 0) is 16.0 Å². The van der Waals surface area contributed by atoms with Gasteiger partial charge in [-0.05, 0) is 31.0 Å². The highest BCUT2D eigenvalue weighted by molar-refractivity contribution is 6.31. The van der Waals surface area contributed by atoms with Crippen molar-refractivity contribution in [1.82, 2.24) is 5.32 Å². The molecule has 0 bridgehead atoms. The molecule has 1 N–H and O–H groups in total. The van der Waals surface area contributed by atoms with Gasteiger partial charge in [0.25, 0.3) is 0 Å². The molecule has 96 valence electrons. The van der Waals surface area contributed by atoms with Gasteiger partial charge in [-0.15, -0.1) is 0 Å². The summed E-state index contributed by atoms with van der Waals surface area (Å²) in [4.78, 5) is 0. The second-order valence-electron chi connectivity index (χ2n) is 4.09. The molecule has 0 amide bonds. The van der Waals surface area contributed by atoms with Crippen molar-refractivity contribution in [3.05, 3.63) is 34.3 Å². The maximum Gasteiger partial charge on any atom is 0.171 e. The average molecular weight is 258 g/mol. The van der Waals surface area contributed by atoms with E-state index in [4.69, 9.17) is 21.1 Å². The highest BCUT2D eigenvalue weighted by Crippen LogP contribution is 2.16. The SMILES string of the molecule is COC(OC)C(C)NCc1ccc(C)c(Cl)c1. The van der Waals surface area contributed by atoms with Gasteiger partial charge < -0.3 is 14.8 Å². The zero-order valence-corrected chi connectivity index (χ0v) is 11.5. The molecule has 3 nitrogen and oxygen atoms in total. The summed E-state index contributed by atoms with van der Waals surface area (Å²) >= 11 is 6.07. The maximum absolute atomic E-state index is 6.07. The van der Waals surface area contributed by atoms with Gasteiger partial charge in [0.15, 0.2) is 6.29 Å². The summed E-state index contributed by atoms with van der Waals surface area (Å²) in [6, 6.07) is 6.18. The van der Waals surface area contributed by atoms with Gasteiger partial charge in [-0.2, -0.15) is 0 Å². The molecule has 1 aromatic rings. The lowest BCUT2D eigenvalue weighted by molar-refractivity contribution is -0.119. The lowest BCUT2D eigenvalue weighted by Gasteiger charge is -2.22. The third kappa shape index (κ3) is 4.28. The Morgan fingerprint density at radius 3 is 2.47 bits per heavy atom. The zero-order chi connectivity index (χ0) is 12.8. The Morgan fingerprint density at radius 1 is 1.29 bits per heavy atom. The van der Waals surface area contributed by atoms with E-state index in [0.29, 0.717) is 0 Å². The van der Waals surface area contributed by atoms with Crippen molar-refractivity contribution in [2.24, 2.45) is 0 Å². The molecule has 0 aliphatic heterocycles. The molecule has 0 aliphatic carbocycles. The van der Waals surface area contributed by atoms with Crippen LogP contribution in [0.4, 0.5) is 0 Å². The molecular formula is C13H20ClNO2. The van der Waals surface area contributed by atoms with Crippen LogP contribution in [0, 0.1) is 6.92 Å². The Morgan fingerprint density at radius 2 is 1.94 bits per heavy atom. The molecule has 1 rings (SSSR count). The quantitative estimate of drug-likeness (QED) is 0.795. The van der Waals surface area contributed by atoms with Crippen LogP contribution in [0.25, 0.3) is 0 Å². The number of hydrogen-bond acceptors (Lipinski definition) is 3. The average Bonchev–Trinajstić information content (AvgIpc) is 2.32. The molecule has 0 radical (unpaired) electrons. The van der Waals surface area contributed by atoms with E-state index in [1.165, 1.54) is 0 Å². The van der Waals surface area contributed by atoms with Crippen molar-refractivity contribution in [3.8, 4) is 0 Å². The van der Waals surface area contributed by atoms with Gasteiger partial charge in [-0.3, -0.25) is 0 Å². The predicted molar refractivity (Wildman–Crippen MR) is 70.3 cm³/mol. The Kier molecular flexibility index (Phi) is 5.92. The summed E-state index contributed by atoms with van der Waals surface area (Å²) in [5.74, 6) is 0. The van der Waals surface area contributed by atoms with Crippen LogP contribution < -0.4 is 5.32 Å². The summed E-state index contributed by atoms with van der Waals surface area (Å²) in [7, 11) is 3.27. The number of nitrogens with one attached hydrogen (secondary N) is 1. The van der Waals surface area contributed by atoms with Crippen LogP contribution in [0.15, 0.2) is 18.2 Å². The number of benzene rings is 1. The first kappa shape index (κ1) is 14.5. The van der Waals surface area contributed by atoms with E-state index >= 15 is 0 Å². The normalized spacial score (nSPS) is 13.1. The number of rotatable bonds is 6. The van der Waals surface area contributed by atoms with Crippen molar-refractivity contribution in [3.63, 3.8) is 0 Å². The highest BCUT2D eigenvalue weighted by atomic mass is 35.5. The molecule has 1 unspecified atom stereocenters. The smallest absolute Gasteiger partial charge is 0.171 e. The van der Waals surface area contributed by atoms with E-state index in [2.05, 4.69) is 11.4 Å². The maximum atomic E-state index is 6.07. The van der Waals surface area contributed by atoms with Crippen LogP contribution in [-0.4, -0.2) is 26.6 Å². The predicted octanol–water partition coefficient (Wildman–Crippen LogP) is 2.75. The van der Waals surface area contributed by atoms with Gasteiger partial charge in [-0.25, -0.2) is 0 Å². The molecule has 17 heavy (non-hydrogen) atoms. The molecule has 0 heterocycles. The summed E-state index contributed by atoms with van der Waals surface area (Å²) in [5, 5.41) is 4.14. The molecule has 0 spiro atoms. The molecule has 0 saturated heterocycles. The number of halogens is 1. The molecule has 1 aromatic carbocycles. The number of hydrogen-bond donors (Lipinski definition) is 1. The lowest BCUT2D eigenvalue weighted by Crippen LogP contribution is -2.39. The first-order valence-electron chi connectivity index (χ1n) is 5.62. The first-order valence-corrected chi connectivity index (χ1v) is 6.00. The fraction of sp³-hybridized carbons (Fsp3) is 0.538. The van der Waals surface area contributed by atoms with E-state index in [1.54, 1.807) is 14.2 Å². The molecule has 4 heteroatoms. The molecule has 1 atom stereocenters. The van der Waals surface area contributed by atoms with Crippen molar-refractivity contribution in [2.45, 2.75) is 32.7 Å². The Balaban J connectivity index is 2.52. The van der Waals surface area contributed by atoms with Crippen molar-refractivity contribution < 1.29 is 9.47 Å². The molecule has 0 aliphatic rings. The van der Waals surface area contributed by atoms with Gasteiger partial charge >= 0.3 is 0 Å². The monoisotopic (exact) mass is 257 g/mol. The van der Waals surface area contributed by atoms with Crippen LogP contribution in [0.1, 0.15) is 18.1 Å². The number of methoxy groups -OCH3 is 2. The Bertz CT molecular complexity index is 353. The lowest BCUT2D eigenvalue weighted by atomic mass is 10.1. The van der Waals surface area contributed by atoms with E-state index in [1.807, 2.05) is 26.0 Å². The summed E-state index contributed by atoms with van der Waals surface area (Å²) < 4.78 is 10.4. The van der Waals surface area contributed by atoms with Crippen LogP contribution in [0.2, 0.25) is 5.02 Å². The fourth-order valence-electron chi connectivity index (χ4n) is 1.63. The van der Waals surface area contributed by atoms with Crippen molar-refractivity contribution >= 4 is 11.6 Å². The van der Waals surface area contributed by atoms with Gasteiger partial charge in [0.2, 0.25) is 0 Å².